The van der Waals surface area contributed by atoms with E-state index in [9.17, 15) is 8.42 Å². The first-order chi connectivity index (χ1) is 10.9. The number of sulfone groups is 1. The number of rotatable bonds is 3. The molecule has 23 heavy (non-hydrogen) atoms. The Labute approximate surface area is 152 Å². The molecule has 1 heterocycles. The summed E-state index contributed by atoms with van der Waals surface area (Å²) >= 11 is 10.4. The van der Waals surface area contributed by atoms with Gasteiger partial charge >= 0.3 is 0 Å². The van der Waals surface area contributed by atoms with Crippen molar-refractivity contribution in [2.24, 2.45) is 0 Å². The maximum absolute atomic E-state index is 11.6. The van der Waals surface area contributed by atoms with Gasteiger partial charge in [0.15, 0.2) is 13.8 Å². The third-order valence-electron chi connectivity index (χ3n) is 3.36. The molecular weight excluding hydrogens is 414 g/mol. The number of benzene rings is 2. The Kier molecular flexibility index (Phi) is 4.55. The summed E-state index contributed by atoms with van der Waals surface area (Å²) in [6.07, 6.45) is 1.20. The van der Waals surface area contributed by atoms with Crippen LogP contribution >= 0.6 is 39.5 Å². The molecule has 1 aromatic heterocycles. The van der Waals surface area contributed by atoms with Crippen LogP contribution in [0.5, 0.6) is 0 Å². The van der Waals surface area contributed by atoms with Crippen molar-refractivity contribution >= 4 is 49.3 Å². The van der Waals surface area contributed by atoms with Crippen molar-refractivity contribution in [1.29, 1.82) is 0 Å². The molecule has 0 saturated heterocycles. The second kappa shape index (κ2) is 6.32. The first kappa shape index (κ1) is 16.6. The molecule has 0 amide bonds. The van der Waals surface area contributed by atoms with Gasteiger partial charge < -0.3 is 0 Å². The van der Waals surface area contributed by atoms with Crippen molar-refractivity contribution in [3.8, 4) is 16.9 Å². The van der Waals surface area contributed by atoms with E-state index in [1.54, 1.807) is 12.1 Å². The Bertz CT molecular complexity index is 1000. The van der Waals surface area contributed by atoms with Gasteiger partial charge in [-0.15, -0.1) is 11.3 Å². The van der Waals surface area contributed by atoms with E-state index in [1.807, 2.05) is 46.3 Å². The fourth-order valence-corrected chi connectivity index (χ4v) is 4.22. The molecule has 7 heteroatoms. The number of halogens is 1. The molecule has 2 aromatic carbocycles. The van der Waals surface area contributed by atoms with E-state index in [4.69, 9.17) is 12.2 Å². The summed E-state index contributed by atoms with van der Waals surface area (Å²) in [4.78, 5) is 0.310. The molecule has 0 fully saturated rings. The Morgan fingerprint density at radius 1 is 1.04 bits per heavy atom. The van der Waals surface area contributed by atoms with Gasteiger partial charge in [0.2, 0.25) is 0 Å². The van der Waals surface area contributed by atoms with Crippen LogP contribution < -0.4 is 0 Å². The zero-order valence-electron chi connectivity index (χ0n) is 12.1. The first-order valence-corrected chi connectivity index (χ1v) is 10.6. The Morgan fingerprint density at radius 3 is 2.22 bits per heavy atom. The Morgan fingerprint density at radius 2 is 1.65 bits per heavy atom. The van der Waals surface area contributed by atoms with Crippen molar-refractivity contribution in [2.45, 2.75) is 4.90 Å². The van der Waals surface area contributed by atoms with Crippen molar-refractivity contribution in [2.75, 3.05) is 6.26 Å². The molecule has 3 nitrogen and oxygen atoms in total. The van der Waals surface area contributed by atoms with E-state index in [-0.39, 0.29) is 0 Å². The lowest BCUT2D eigenvalue weighted by atomic mass is 10.1. The highest BCUT2D eigenvalue weighted by Gasteiger charge is 2.11. The highest BCUT2D eigenvalue weighted by Crippen LogP contribution is 2.29. The van der Waals surface area contributed by atoms with E-state index >= 15 is 0 Å². The van der Waals surface area contributed by atoms with Crippen molar-refractivity contribution in [3.63, 3.8) is 0 Å². The van der Waals surface area contributed by atoms with E-state index < -0.39 is 9.84 Å². The topological polar surface area (TPSA) is 39.1 Å². The monoisotopic (exact) mass is 425 g/mol. The summed E-state index contributed by atoms with van der Waals surface area (Å²) in [5.74, 6) is 0. The molecule has 0 radical (unpaired) electrons. The zero-order valence-corrected chi connectivity index (χ0v) is 16.1. The van der Waals surface area contributed by atoms with Crippen LogP contribution in [0, 0.1) is 3.95 Å². The Balaban J connectivity index is 2.12. The molecule has 0 atom stereocenters. The van der Waals surface area contributed by atoms with Crippen LogP contribution in [0.2, 0.25) is 0 Å². The van der Waals surface area contributed by atoms with Crippen molar-refractivity contribution in [1.82, 2.24) is 4.57 Å². The minimum Gasteiger partial charge on any atom is -0.292 e. The minimum absolute atomic E-state index is 0.310. The summed E-state index contributed by atoms with van der Waals surface area (Å²) in [6, 6.07) is 14.8. The highest BCUT2D eigenvalue weighted by molar-refractivity contribution is 9.10. The van der Waals surface area contributed by atoms with Crippen LogP contribution in [-0.4, -0.2) is 19.2 Å². The van der Waals surface area contributed by atoms with Gasteiger partial charge in [0.1, 0.15) is 0 Å². The van der Waals surface area contributed by atoms with Gasteiger partial charge in [-0.1, -0.05) is 28.1 Å². The molecule has 0 aliphatic heterocycles. The maximum Gasteiger partial charge on any atom is 0.175 e. The van der Waals surface area contributed by atoms with Gasteiger partial charge in [0.05, 0.1) is 10.6 Å². The van der Waals surface area contributed by atoms with Crippen LogP contribution in [0.4, 0.5) is 0 Å². The second-order valence-electron chi connectivity index (χ2n) is 5.00. The quantitative estimate of drug-likeness (QED) is 0.547. The van der Waals surface area contributed by atoms with Gasteiger partial charge in [0.25, 0.3) is 0 Å². The smallest absolute Gasteiger partial charge is 0.175 e. The van der Waals surface area contributed by atoms with E-state index in [2.05, 4.69) is 15.9 Å². The fraction of sp³-hybridized carbons (Fsp3) is 0.0625. The van der Waals surface area contributed by atoms with Crippen molar-refractivity contribution < 1.29 is 8.42 Å². The normalized spacial score (nSPS) is 11.6. The third kappa shape index (κ3) is 3.47. The van der Waals surface area contributed by atoms with E-state index in [0.29, 0.717) is 4.90 Å². The standard InChI is InChI=1S/C16H12BrNO2S3/c1-23(19,20)14-8-2-11(3-9-14)15-10-22-16(21)18(15)13-6-4-12(17)5-7-13/h2-10H,1H3. The second-order valence-corrected chi connectivity index (χ2v) is 9.43. The lowest BCUT2D eigenvalue weighted by Crippen LogP contribution is -1.98. The summed E-state index contributed by atoms with van der Waals surface area (Å²) in [5.41, 5.74) is 2.84. The van der Waals surface area contributed by atoms with Crippen molar-refractivity contribution in [3.05, 3.63) is 62.3 Å². The van der Waals surface area contributed by atoms with E-state index in [0.717, 1.165) is 25.4 Å². The molecule has 0 N–H and O–H groups in total. The minimum atomic E-state index is -3.19. The van der Waals surface area contributed by atoms with Gasteiger partial charge in [-0.25, -0.2) is 8.42 Å². The molecule has 0 spiro atoms. The van der Waals surface area contributed by atoms with Crippen LogP contribution in [0.15, 0.2) is 63.3 Å². The number of hydrogen-bond donors (Lipinski definition) is 0. The molecule has 3 aromatic rings. The van der Waals surface area contributed by atoms with Gasteiger partial charge in [0, 0.05) is 21.8 Å². The number of nitrogens with zero attached hydrogens (tertiary/aromatic N) is 1. The molecule has 118 valence electrons. The maximum atomic E-state index is 11.6. The largest absolute Gasteiger partial charge is 0.292 e. The predicted molar refractivity (Wildman–Crippen MR) is 101 cm³/mol. The number of aromatic nitrogens is 1. The lowest BCUT2D eigenvalue weighted by molar-refractivity contribution is 0.602. The Hall–Kier alpha value is -1.28. The molecule has 0 bridgehead atoms. The fourth-order valence-electron chi connectivity index (χ4n) is 2.21. The molecule has 0 unspecified atom stereocenters. The third-order valence-corrected chi connectivity index (χ3v) is 6.21. The molecular formula is C16H12BrNO2S3. The van der Waals surface area contributed by atoms with Crippen LogP contribution in [-0.2, 0) is 9.84 Å². The van der Waals surface area contributed by atoms with Gasteiger partial charge in [-0.05, 0) is 54.2 Å². The molecule has 0 aliphatic rings. The number of hydrogen-bond acceptors (Lipinski definition) is 4. The summed E-state index contributed by atoms with van der Waals surface area (Å²) < 4.78 is 26.9. The lowest BCUT2D eigenvalue weighted by Gasteiger charge is -2.09. The van der Waals surface area contributed by atoms with Crippen LogP contribution in [0.3, 0.4) is 0 Å². The predicted octanol–water partition coefficient (Wildman–Crippen LogP) is 5.10. The summed E-state index contributed by atoms with van der Waals surface area (Å²) in [7, 11) is -3.19. The van der Waals surface area contributed by atoms with Crippen LogP contribution in [0.25, 0.3) is 16.9 Å². The average molecular weight is 426 g/mol. The summed E-state index contributed by atoms with van der Waals surface area (Å²) in [5, 5.41) is 1.99. The zero-order chi connectivity index (χ0) is 16.6. The average Bonchev–Trinajstić information content (AvgIpc) is 2.89. The molecule has 3 rings (SSSR count). The van der Waals surface area contributed by atoms with Crippen LogP contribution in [0.1, 0.15) is 0 Å². The molecule has 0 aliphatic carbocycles. The SMILES string of the molecule is CS(=O)(=O)c1ccc(-c2csc(=S)n2-c2ccc(Br)cc2)cc1. The first-order valence-electron chi connectivity index (χ1n) is 6.63. The highest BCUT2D eigenvalue weighted by atomic mass is 79.9. The number of thiazole rings is 1. The van der Waals surface area contributed by atoms with E-state index in [1.165, 1.54) is 17.6 Å². The summed E-state index contributed by atoms with van der Waals surface area (Å²) in [6.45, 7) is 0. The van der Waals surface area contributed by atoms with Gasteiger partial charge in [-0.2, -0.15) is 0 Å². The molecule has 0 saturated carbocycles. The van der Waals surface area contributed by atoms with Gasteiger partial charge in [-0.3, -0.25) is 4.57 Å².